The topological polar surface area (TPSA) is 72.8 Å². The van der Waals surface area contributed by atoms with Crippen molar-refractivity contribution in [3.05, 3.63) is 48.0 Å². The standard InChI is InChI=1S/C12H12O5/c1-3-10(13)17-12(15)9-7-5-4-6-8(9)11(14)16-2/h3-7,10,13H,1H2,2H3. The predicted molar refractivity (Wildman–Crippen MR) is 59.4 cm³/mol. The molecule has 0 aliphatic rings. The van der Waals surface area contributed by atoms with Crippen LogP contribution >= 0.6 is 0 Å². The van der Waals surface area contributed by atoms with Crippen molar-refractivity contribution in [2.45, 2.75) is 6.29 Å². The number of aliphatic hydroxyl groups excluding tert-OH is 1. The number of hydrogen-bond acceptors (Lipinski definition) is 5. The lowest BCUT2D eigenvalue weighted by molar-refractivity contribution is -0.0352. The van der Waals surface area contributed by atoms with Gasteiger partial charge < -0.3 is 14.6 Å². The van der Waals surface area contributed by atoms with Crippen LogP contribution in [0, 0.1) is 0 Å². The Bertz CT molecular complexity index is 438. The second-order valence-electron chi connectivity index (χ2n) is 3.07. The first kappa shape index (κ1) is 12.9. The SMILES string of the molecule is C=CC(O)OC(=O)c1ccccc1C(=O)OC. The fourth-order valence-corrected chi connectivity index (χ4v) is 1.17. The van der Waals surface area contributed by atoms with Gasteiger partial charge in [-0.2, -0.15) is 0 Å². The fraction of sp³-hybridized carbons (Fsp3) is 0.167. The minimum absolute atomic E-state index is 0.0280. The van der Waals surface area contributed by atoms with E-state index in [1.165, 1.54) is 19.2 Å². The van der Waals surface area contributed by atoms with Gasteiger partial charge in [0.05, 0.1) is 18.2 Å². The maximum Gasteiger partial charge on any atom is 0.341 e. The first-order chi connectivity index (χ1) is 8.10. The smallest absolute Gasteiger partial charge is 0.341 e. The molecule has 0 aliphatic heterocycles. The van der Waals surface area contributed by atoms with E-state index in [-0.39, 0.29) is 11.1 Å². The van der Waals surface area contributed by atoms with Crippen LogP contribution in [0.15, 0.2) is 36.9 Å². The van der Waals surface area contributed by atoms with Crippen LogP contribution in [0.1, 0.15) is 20.7 Å². The lowest BCUT2D eigenvalue weighted by Crippen LogP contribution is -2.18. The van der Waals surface area contributed by atoms with E-state index >= 15 is 0 Å². The first-order valence-electron chi connectivity index (χ1n) is 4.79. The van der Waals surface area contributed by atoms with Crippen molar-refractivity contribution in [1.29, 1.82) is 0 Å². The summed E-state index contributed by atoms with van der Waals surface area (Å²) in [5, 5.41) is 9.10. The molecule has 1 N–H and O–H groups in total. The molecule has 0 bridgehead atoms. The second kappa shape index (κ2) is 5.81. The van der Waals surface area contributed by atoms with Gasteiger partial charge in [0.15, 0.2) is 0 Å². The molecule has 1 aromatic carbocycles. The molecule has 0 aromatic heterocycles. The first-order valence-corrected chi connectivity index (χ1v) is 4.79. The zero-order valence-corrected chi connectivity index (χ0v) is 9.25. The highest BCUT2D eigenvalue weighted by Gasteiger charge is 2.19. The Balaban J connectivity index is 3.01. The summed E-state index contributed by atoms with van der Waals surface area (Å²) in [6.07, 6.45) is -0.355. The van der Waals surface area contributed by atoms with Gasteiger partial charge in [-0.15, -0.1) is 0 Å². The largest absolute Gasteiger partial charge is 0.465 e. The Morgan fingerprint density at radius 3 is 2.29 bits per heavy atom. The lowest BCUT2D eigenvalue weighted by Gasteiger charge is -2.10. The van der Waals surface area contributed by atoms with Crippen molar-refractivity contribution < 1.29 is 24.2 Å². The van der Waals surface area contributed by atoms with Crippen LogP contribution in [-0.4, -0.2) is 30.4 Å². The minimum Gasteiger partial charge on any atom is -0.465 e. The van der Waals surface area contributed by atoms with Crippen molar-refractivity contribution in [2.24, 2.45) is 0 Å². The molecule has 1 atom stereocenters. The third kappa shape index (κ3) is 3.15. The number of hydrogen-bond donors (Lipinski definition) is 1. The molecule has 0 saturated carbocycles. The van der Waals surface area contributed by atoms with Gasteiger partial charge in [0.25, 0.3) is 0 Å². The van der Waals surface area contributed by atoms with E-state index in [2.05, 4.69) is 16.1 Å². The normalized spacial score (nSPS) is 11.4. The summed E-state index contributed by atoms with van der Waals surface area (Å²) in [4.78, 5) is 23.0. The fourth-order valence-electron chi connectivity index (χ4n) is 1.17. The molecular formula is C12H12O5. The van der Waals surface area contributed by atoms with E-state index < -0.39 is 18.2 Å². The number of methoxy groups -OCH3 is 1. The number of esters is 2. The number of rotatable bonds is 4. The molecule has 0 aliphatic carbocycles. The number of ether oxygens (including phenoxy) is 2. The van der Waals surface area contributed by atoms with Crippen LogP contribution in [0.2, 0.25) is 0 Å². The van der Waals surface area contributed by atoms with Gasteiger partial charge in [0, 0.05) is 0 Å². The molecule has 0 amide bonds. The van der Waals surface area contributed by atoms with Crippen molar-refractivity contribution in [2.75, 3.05) is 7.11 Å². The molecule has 0 heterocycles. The van der Waals surface area contributed by atoms with Crippen LogP contribution in [0.25, 0.3) is 0 Å². The summed E-state index contributed by atoms with van der Waals surface area (Å²) in [5.41, 5.74) is 0.108. The third-order valence-corrected chi connectivity index (χ3v) is 1.98. The summed E-state index contributed by atoms with van der Waals surface area (Å²) < 4.78 is 9.14. The van der Waals surface area contributed by atoms with E-state index in [0.29, 0.717) is 0 Å². The monoisotopic (exact) mass is 236 g/mol. The number of carbonyl (C=O) groups is 2. The van der Waals surface area contributed by atoms with E-state index in [0.717, 1.165) is 6.08 Å². The number of benzene rings is 1. The van der Waals surface area contributed by atoms with Gasteiger partial charge in [-0.05, 0) is 18.2 Å². The minimum atomic E-state index is -1.41. The average Bonchev–Trinajstić information content (AvgIpc) is 2.37. The number of carbonyl (C=O) groups excluding carboxylic acids is 2. The van der Waals surface area contributed by atoms with Crippen LogP contribution in [0.5, 0.6) is 0 Å². The van der Waals surface area contributed by atoms with Crippen molar-refractivity contribution >= 4 is 11.9 Å². The zero-order chi connectivity index (χ0) is 12.8. The van der Waals surface area contributed by atoms with Gasteiger partial charge >= 0.3 is 11.9 Å². The van der Waals surface area contributed by atoms with Gasteiger partial charge in [0.2, 0.25) is 6.29 Å². The molecule has 90 valence electrons. The maximum atomic E-state index is 11.6. The lowest BCUT2D eigenvalue weighted by atomic mass is 10.1. The highest BCUT2D eigenvalue weighted by Crippen LogP contribution is 2.12. The average molecular weight is 236 g/mol. The Labute approximate surface area is 98.3 Å². The highest BCUT2D eigenvalue weighted by atomic mass is 16.6. The molecule has 1 aromatic rings. The van der Waals surface area contributed by atoms with Crippen molar-refractivity contribution in [3.8, 4) is 0 Å². The van der Waals surface area contributed by atoms with E-state index in [1.807, 2.05) is 0 Å². The Morgan fingerprint density at radius 2 is 1.82 bits per heavy atom. The predicted octanol–water partition coefficient (Wildman–Crippen LogP) is 1.13. The second-order valence-corrected chi connectivity index (χ2v) is 3.07. The molecular weight excluding hydrogens is 224 g/mol. The van der Waals surface area contributed by atoms with Crippen molar-refractivity contribution in [3.63, 3.8) is 0 Å². The molecule has 1 rings (SSSR count). The molecule has 17 heavy (non-hydrogen) atoms. The third-order valence-electron chi connectivity index (χ3n) is 1.98. The van der Waals surface area contributed by atoms with Gasteiger partial charge in [0.1, 0.15) is 0 Å². The summed E-state index contributed by atoms with van der Waals surface area (Å²) in [7, 11) is 1.21. The molecule has 0 spiro atoms. The van der Waals surface area contributed by atoms with E-state index in [4.69, 9.17) is 5.11 Å². The van der Waals surface area contributed by atoms with Crippen LogP contribution in [0.3, 0.4) is 0 Å². The van der Waals surface area contributed by atoms with Gasteiger partial charge in [-0.1, -0.05) is 18.7 Å². The highest BCUT2D eigenvalue weighted by molar-refractivity contribution is 6.03. The zero-order valence-electron chi connectivity index (χ0n) is 9.25. The summed E-state index contributed by atoms with van der Waals surface area (Å²) in [6, 6.07) is 6.00. The Morgan fingerprint density at radius 1 is 1.29 bits per heavy atom. The molecule has 0 fully saturated rings. The van der Waals surface area contributed by atoms with E-state index in [9.17, 15) is 9.59 Å². The van der Waals surface area contributed by atoms with Crippen molar-refractivity contribution in [1.82, 2.24) is 0 Å². The van der Waals surface area contributed by atoms with E-state index in [1.54, 1.807) is 12.1 Å². The summed E-state index contributed by atoms with van der Waals surface area (Å²) in [6.45, 7) is 3.26. The Kier molecular flexibility index (Phi) is 4.42. The quantitative estimate of drug-likeness (QED) is 0.482. The summed E-state index contributed by atoms with van der Waals surface area (Å²) in [5.74, 6) is -1.47. The molecule has 1 unspecified atom stereocenters. The van der Waals surface area contributed by atoms with Gasteiger partial charge in [-0.25, -0.2) is 9.59 Å². The van der Waals surface area contributed by atoms with Crippen LogP contribution in [-0.2, 0) is 9.47 Å². The van der Waals surface area contributed by atoms with Crippen LogP contribution < -0.4 is 0 Å². The molecule has 5 nitrogen and oxygen atoms in total. The Hall–Kier alpha value is -2.14. The molecule has 5 heteroatoms. The number of aliphatic hydroxyl groups is 1. The van der Waals surface area contributed by atoms with Crippen LogP contribution in [0.4, 0.5) is 0 Å². The van der Waals surface area contributed by atoms with Gasteiger partial charge in [-0.3, -0.25) is 0 Å². The molecule has 0 saturated heterocycles. The molecule has 0 radical (unpaired) electrons. The summed E-state index contributed by atoms with van der Waals surface area (Å²) >= 11 is 0. The maximum absolute atomic E-state index is 11.6.